The maximum Gasteiger partial charge on any atom is 0.409 e. The Bertz CT molecular complexity index is 954. The molecule has 9 heteroatoms. The Morgan fingerprint density at radius 1 is 1.19 bits per heavy atom. The van der Waals surface area contributed by atoms with Crippen LogP contribution in [0.2, 0.25) is 0 Å². The molecule has 0 spiro atoms. The molecule has 0 N–H and O–H groups in total. The fraction of sp³-hybridized carbons (Fsp3) is 0.609. The maximum atomic E-state index is 12.2. The lowest BCUT2D eigenvalue weighted by Gasteiger charge is -2.32. The smallest absolute Gasteiger partial charge is 0.409 e. The predicted octanol–water partition coefficient (Wildman–Crippen LogP) is 3.62. The summed E-state index contributed by atoms with van der Waals surface area (Å²) in [5, 5.41) is 5.11. The first-order valence-corrected chi connectivity index (χ1v) is 11.5. The summed E-state index contributed by atoms with van der Waals surface area (Å²) in [4.78, 5) is 20.6. The van der Waals surface area contributed by atoms with E-state index in [9.17, 15) is 4.79 Å². The van der Waals surface area contributed by atoms with Gasteiger partial charge in [0.05, 0.1) is 32.4 Å². The van der Waals surface area contributed by atoms with Crippen molar-refractivity contribution in [3.63, 3.8) is 0 Å². The van der Waals surface area contributed by atoms with Crippen molar-refractivity contribution in [1.82, 2.24) is 19.7 Å². The zero-order valence-corrected chi connectivity index (χ0v) is 19.5. The van der Waals surface area contributed by atoms with Gasteiger partial charge in [0.25, 0.3) is 0 Å². The molecule has 3 aliphatic rings. The molecule has 0 bridgehead atoms. The third-order valence-electron chi connectivity index (χ3n) is 6.14. The molecule has 1 saturated heterocycles. The Balaban J connectivity index is 0.00000119. The molecule has 0 aromatic carbocycles. The molecule has 3 aliphatic heterocycles. The normalized spacial score (nSPS) is 18.1. The highest BCUT2D eigenvalue weighted by Crippen LogP contribution is 2.40. The SMILES string of the molecule is CC.COC(=O)N1CCc2c(c(N3CCOc4cc(C)ncc43)nn2C2CCOCC2)C1. The van der Waals surface area contributed by atoms with Crippen LogP contribution in [0.4, 0.5) is 16.3 Å². The molecular formula is C23H33N5O4. The quantitative estimate of drug-likeness (QED) is 0.701. The van der Waals surface area contributed by atoms with Gasteiger partial charge >= 0.3 is 6.09 Å². The van der Waals surface area contributed by atoms with Crippen LogP contribution < -0.4 is 9.64 Å². The van der Waals surface area contributed by atoms with Gasteiger partial charge in [-0.1, -0.05) is 13.8 Å². The third-order valence-corrected chi connectivity index (χ3v) is 6.14. The van der Waals surface area contributed by atoms with E-state index in [1.807, 2.05) is 33.0 Å². The summed E-state index contributed by atoms with van der Waals surface area (Å²) < 4.78 is 18.6. The standard InChI is InChI=1S/C21H27N5O4.C2H6/c1-14-11-19-18(12-22-14)25(7-10-30-19)20-16-13-24(21(27)28-2)6-3-17(16)26(23-20)15-4-8-29-9-5-15;1-2/h11-12,15H,3-10,13H2,1-2H3;1-2H3. The number of anilines is 2. The van der Waals surface area contributed by atoms with Gasteiger partial charge in [-0.05, 0) is 19.8 Å². The number of amides is 1. The number of carbonyl (C=O) groups is 1. The van der Waals surface area contributed by atoms with Crippen LogP contribution in [0.25, 0.3) is 0 Å². The summed E-state index contributed by atoms with van der Waals surface area (Å²) in [5.74, 6) is 1.71. The second-order valence-corrected chi connectivity index (χ2v) is 7.97. The van der Waals surface area contributed by atoms with Crippen molar-refractivity contribution in [2.45, 2.75) is 52.6 Å². The molecule has 32 heavy (non-hydrogen) atoms. The number of methoxy groups -OCH3 is 1. The van der Waals surface area contributed by atoms with Crippen molar-refractivity contribution in [1.29, 1.82) is 0 Å². The van der Waals surface area contributed by atoms with Gasteiger partial charge in [-0.15, -0.1) is 0 Å². The van der Waals surface area contributed by atoms with E-state index in [0.717, 1.165) is 61.0 Å². The van der Waals surface area contributed by atoms with Gasteiger partial charge in [0.2, 0.25) is 0 Å². The number of rotatable bonds is 2. The first-order valence-electron chi connectivity index (χ1n) is 11.5. The first kappa shape index (κ1) is 22.4. The van der Waals surface area contributed by atoms with Crippen LogP contribution in [0.15, 0.2) is 12.3 Å². The Kier molecular flexibility index (Phi) is 6.83. The van der Waals surface area contributed by atoms with Gasteiger partial charge < -0.3 is 24.0 Å². The summed E-state index contributed by atoms with van der Waals surface area (Å²) >= 11 is 0. The number of aryl methyl sites for hydroxylation is 1. The van der Waals surface area contributed by atoms with Crippen LogP contribution in [-0.4, -0.2) is 65.8 Å². The summed E-state index contributed by atoms with van der Waals surface area (Å²) in [6.07, 6.45) is 4.22. The minimum atomic E-state index is -0.301. The molecule has 1 fully saturated rings. The lowest BCUT2D eigenvalue weighted by atomic mass is 10.0. The third kappa shape index (κ3) is 4.13. The van der Waals surface area contributed by atoms with Gasteiger partial charge in [0.15, 0.2) is 5.82 Å². The molecule has 174 valence electrons. The van der Waals surface area contributed by atoms with Crippen molar-refractivity contribution in [3.05, 3.63) is 29.2 Å². The van der Waals surface area contributed by atoms with Crippen molar-refractivity contribution in [3.8, 4) is 5.75 Å². The topological polar surface area (TPSA) is 82.0 Å². The maximum absolute atomic E-state index is 12.2. The average Bonchev–Trinajstić information content (AvgIpc) is 3.23. The summed E-state index contributed by atoms with van der Waals surface area (Å²) in [6, 6.07) is 2.28. The summed E-state index contributed by atoms with van der Waals surface area (Å²) in [7, 11) is 1.43. The first-order chi connectivity index (χ1) is 15.7. The highest BCUT2D eigenvalue weighted by molar-refractivity contribution is 5.72. The molecular weight excluding hydrogens is 410 g/mol. The number of carbonyl (C=O) groups excluding carboxylic acids is 1. The fourth-order valence-electron chi connectivity index (χ4n) is 4.60. The van der Waals surface area contributed by atoms with E-state index in [2.05, 4.69) is 14.6 Å². The van der Waals surface area contributed by atoms with Crippen molar-refractivity contribution in [2.75, 3.05) is 44.9 Å². The largest absolute Gasteiger partial charge is 0.489 e. The van der Waals surface area contributed by atoms with Crippen LogP contribution >= 0.6 is 0 Å². The molecule has 2 aromatic rings. The van der Waals surface area contributed by atoms with E-state index in [0.29, 0.717) is 32.3 Å². The zero-order chi connectivity index (χ0) is 22.7. The minimum absolute atomic E-state index is 0.301. The van der Waals surface area contributed by atoms with Crippen LogP contribution in [0, 0.1) is 6.92 Å². The number of hydrogen-bond acceptors (Lipinski definition) is 7. The van der Waals surface area contributed by atoms with E-state index < -0.39 is 0 Å². The lowest BCUT2D eigenvalue weighted by molar-refractivity contribution is 0.0649. The predicted molar refractivity (Wildman–Crippen MR) is 121 cm³/mol. The van der Waals surface area contributed by atoms with Crippen molar-refractivity contribution < 1.29 is 19.0 Å². The second-order valence-electron chi connectivity index (χ2n) is 7.97. The molecule has 2 aromatic heterocycles. The Morgan fingerprint density at radius 2 is 1.97 bits per heavy atom. The average molecular weight is 444 g/mol. The molecule has 0 radical (unpaired) electrons. The Hall–Kier alpha value is -2.81. The van der Waals surface area contributed by atoms with E-state index in [-0.39, 0.29) is 6.09 Å². The van der Waals surface area contributed by atoms with Crippen molar-refractivity contribution in [2.24, 2.45) is 0 Å². The second kappa shape index (κ2) is 9.77. The van der Waals surface area contributed by atoms with E-state index in [4.69, 9.17) is 19.3 Å². The van der Waals surface area contributed by atoms with Gasteiger partial charge in [0.1, 0.15) is 18.0 Å². The van der Waals surface area contributed by atoms with E-state index in [1.165, 1.54) is 12.8 Å². The molecule has 0 atom stereocenters. The zero-order valence-electron chi connectivity index (χ0n) is 19.5. The Labute approximate surface area is 189 Å². The highest BCUT2D eigenvalue weighted by Gasteiger charge is 2.34. The number of ether oxygens (including phenoxy) is 3. The molecule has 1 amide bonds. The van der Waals surface area contributed by atoms with Crippen LogP contribution in [0.1, 0.15) is 49.7 Å². The highest BCUT2D eigenvalue weighted by atomic mass is 16.5. The molecule has 0 unspecified atom stereocenters. The van der Waals surface area contributed by atoms with Gasteiger partial charge in [0, 0.05) is 49.2 Å². The monoisotopic (exact) mass is 443 g/mol. The van der Waals surface area contributed by atoms with E-state index >= 15 is 0 Å². The van der Waals surface area contributed by atoms with E-state index in [1.54, 1.807) is 4.90 Å². The van der Waals surface area contributed by atoms with Gasteiger partial charge in [-0.3, -0.25) is 9.67 Å². The van der Waals surface area contributed by atoms with Crippen LogP contribution in [0.3, 0.4) is 0 Å². The molecule has 0 saturated carbocycles. The Morgan fingerprint density at radius 3 is 2.72 bits per heavy atom. The van der Waals surface area contributed by atoms with Crippen LogP contribution in [-0.2, 0) is 22.4 Å². The number of pyridine rings is 1. The summed E-state index contributed by atoms with van der Waals surface area (Å²) in [6.45, 7) is 9.86. The molecule has 9 nitrogen and oxygen atoms in total. The van der Waals surface area contributed by atoms with Crippen LogP contribution in [0.5, 0.6) is 5.75 Å². The molecule has 5 heterocycles. The number of aromatic nitrogens is 3. The summed E-state index contributed by atoms with van der Waals surface area (Å²) in [5.41, 5.74) is 4.14. The molecule has 0 aliphatic carbocycles. The minimum Gasteiger partial charge on any atom is -0.489 e. The number of fused-ring (bicyclic) bond motifs is 2. The van der Waals surface area contributed by atoms with Gasteiger partial charge in [-0.25, -0.2) is 4.79 Å². The number of nitrogens with zero attached hydrogens (tertiary/aromatic N) is 5. The van der Waals surface area contributed by atoms with Crippen molar-refractivity contribution >= 4 is 17.6 Å². The molecule has 5 rings (SSSR count). The fourth-order valence-corrected chi connectivity index (χ4v) is 4.60. The lowest BCUT2D eigenvalue weighted by Crippen LogP contribution is -2.37. The van der Waals surface area contributed by atoms with Gasteiger partial charge in [-0.2, -0.15) is 5.10 Å². The number of hydrogen-bond donors (Lipinski definition) is 0.